The van der Waals surface area contributed by atoms with Crippen molar-refractivity contribution < 1.29 is 0 Å². The molecule has 0 radical (unpaired) electrons. The minimum atomic E-state index is 0.531. The van der Waals surface area contributed by atoms with Crippen LogP contribution in [0.3, 0.4) is 0 Å². The van der Waals surface area contributed by atoms with Gasteiger partial charge in [-0.1, -0.05) is 20.8 Å². The van der Waals surface area contributed by atoms with Crippen LogP contribution in [0.4, 0.5) is 11.5 Å². The van der Waals surface area contributed by atoms with E-state index in [9.17, 15) is 0 Å². The molecule has 0 unspecified atom stereocenters. The van der Waals surface area contributed by atoms with Crippen molar-refractivity contribution in [2.24, 2.45) is 0 Å². The van der Waals surface area contributed by atoms with Crippen molar-refractivity contribution in [1.29, 1.82) is 0 Å². The molecule has 98 valence electrons. The van der Waals surface area contributed by atoms with Crippen LogP contribution in [-0.2, 0) is 6.54 Å². The van der Waals surface area contributed by atoms with E-state index in [1.165, 1.54) is 0 Å². The second-order valence-corrected chi connectivity index (χ2v) is 4.63. The van der Waals surface area contributed by atoms with Crippen LogP contribution in [0.25, 0.3) is 0 Å². The summed E-state index contributed by atoms with van der Waals surface area (Å²) >= 11 is 0. The summed E-state index contributed by atoms with van der Waals surface area (Å²) in [6.45, 7) is 9.50. The van der Waals surface area contributed by atoms with Crippen LogP contribution in [0.1, 0.15) is 45.7 Å². The lowest BCUT2D eigenvalue weighted by molar-refractivity contribution is 0.544. The zero-order valence-corrected chi connectivity index (χ0v) is 11.8. The van der Waals surface area contributed by atoms with Gasteiger partial charge in [-0.3, -0.25) is 0 Å². The molecular weight excluding hydrogens is 212 g/mol. The van der Waals surface area contributed by atoms with Crippen LogP contribution in [0.5, 0.6) is 0 Å². The number of hydrogen-bond acceptors (Lipinski definition) is 3. The number of aryl methyl sites for hydroxylation is 2. The first-order valence-electron chi connectivity index (χ1n) is 6.62. The molecule has 0 amide bonds. The zero-order valence-electron chi connectivity index (χ0n) is 11.8. The first kappa shape index (κ1) is 13.9. The van der Waals surface area contributed by atoms with E-state index in [1.54, 1.807) is 0 Å². The van der Waals surface area contributed by atoms with Crippen LogP contribution in [0.15, 0.2) is 0 Å². The van der Waals surface area contributed by atoms with Crippen LogP contribution in [0, 0.1) is 6.92 Å². The largest absolute Gasteiger partial charge is 0.394 e. The van der Waals surface area contributed by atoms with Crippen molar-refractivity contribution in [3.8, 4) is 0 Å². The Kier molecular flexibility index (Phi) is 4.85. The van der Waals surface area contributed by atoms with E-state index in [0.29, 0.717) is 6.04 Å². The van der Waals surface area contributed by atoms with Gasteiger partial charge in [-0.15, -0.1) is 0 Å². The Bertz CT molecular complexity index is 353. The fourth-order valence-corrected chi connectivity index (χ4v) is 2.33. The third-order valence-electron chi connectivity index (χ3n) is 3.41. The third-order valence-corrected chi connectivity index (χ3v) is 3.41. The van der Waals surface area contributed by atoms with Gasteiger partial charge >= 0.3 is 0 Å². The highest BCUT2D eigenvalue weighted by molar-refractivity contribution is 5.66. The quantitative estimate of drug-likeness (QED) is 0.829. The van der Waals surface area contributed by atoms with Gasteiger partial charge < -0.3 is 10.6 Å². The van der Waals surface area contributed by atoms with E-state index >= 15 is 0 Å². The predicted octanol–water partition coefficient (Wildman–Crippen LogP) is 2.81. The molecule has 1 heterocycles. The standard InChI is InChI=1S/C13H26N4/c1-6-9-17-13(12(14)10(4)15-17)16(5)11(7-2)8-3/h11H,6-9,14H2,1-5H3. The van der Waals surface area contributed by atoms with E-state index in [4.69, 9.17) is 5.73 Å². The van der Waals surface area contributed by atoms with Gasteiger partial charge in [0.05, 0.1) is 11.4 Å². The summed E-state index contributed by atoms with van der Waals surface area (Å²) in [6.07, 6.45) is 3.33. The van der Waals surface area contributed by atoms with E-state index in [2.05, 4.69) is 37.8 Å². The molecule has 0 aliphatic heterocycles. The molecule has 1 aromatic rings. The Morgan fingerprint density at radius 3 is 2.35 bits per heavy atom. The summed E-state index contributed by atoms with van der Waals surface area (Å²) in [6, 6.07) is 0.531. The second-order valence-electron chi connectivity index (χ2n) is 4.63. The Morgan fingerprint density at radius 1 is 1.29 bits per heavy atom. The third kappa shape index (κ3) is 2.73. The molecule has 0 saturated heterocycles. The average molecular weight is 238 g/mol. The number of aromatic nitrogens is 2. The summed E-state index contributed by atoms with van der Waals surface area (Å²) < 4.78 is 2.04. The number of nitrogen functional groups attached to an aromatic ring is 1. The van der Waals surface area contributed by atoms with Crippen molar-refractivity contribution in [1.82, 2.24) is 9.78 Å². The molecule has 0 bridgehead atoms. The minimum absolute atomic E-state index is 0.531. The van der Waals surface area contributed by atoms with E-state index < -0.39 is 0 Å². The molecule has 0 aliphatic carbocycles. The summed E-state index contributed by atoms with van der Waals surface area (Å²) in [5.74, 6) is 1.08. The summed E-state index contributed by atoms with van der Waals surface area (Å²) in [7, 11) is 2.12. The predicted molar refractivity (Wildman–Crippen MR) is 74.4 cm³/mol. The zero-order chi connectivity index (χ0) is 13.0. The van der Waals surface area contributed by atoms with Gasteiger partial charge in [0.15, 0.2) is 5.82 Å². The molecule has 1 aromatic heterocycles. The Balaban J connectivity index is 3.09. The summed E-state index contributed by atoms with van der Waals surface area (Å²) in [4.78, 5) is 2.28. The lowest BCUT2D eigenvalue weighted by Gasteiger charge is -2.29. The van der Waals surface area contributed by atoms with Gasteiger partial charge in [-0.05, 0) is 26.2 Å². The van der Waals surface area contributed by atoms with Crippen LogP contribution in [0.2, 0.25) is 0 Å². The van der Waals surface area contributed by atoms with Crippen LogP contribution >= 0.6 is 0 Å². The minimum Gasteiger partial charge on any atom is -0.394 e. The molecule has 0 spiro atoms. The van der Waals surface area contributed by atoms with Gasteiger partial charge in [-0.2, -0.15) is 5.10 Å². The second kappa shape index (κ2) is 5.94. The molecule has 4 heteroatoms. The fourth-order valence-electron chi connectivity index (χ4n) is 2.33. The molecule has 0 atom stereocenters. The van der Waals surface area contributed by atoms with E-state index in [1.807, 2.05) is 11.6 Å². The van der Waals surface area contributed by atoms with Crippen LogP contribution < -0.4 is 10.6 Å². The number of hydrogen-bond donors (Lipinski definition) is 1. The first-order chi connectivity index (χ1) is 8.06. The molecule has 0 fully saturated rings. The summed E-state index contributed by atoms with van der Waals surface area (Å²) in [5.41, 5.74) is 7.92. The molecule has 0 aromatic carbocycles. The maximum Gasteiger partial charge on any atom is 0.150 e. The Labute approximate surface area is 105 Å². The van der Waals surface area contributed by atoms with Gasteiger partial charge in [0.2, 0.25) is 0 Å². The monoisotopic (exact) mass is 238 g/mol. The Hall–Kier alpha value is -1.19. The lowest BCUT2D eigenvalue weighted by atomic mass is 10.1. The highest BCUT2D eigenvalue weighted by Gasteiger charge is 2.20. The maximum atomic E-state index is 6.16. The van der Waals surface area contributed by atoms with Gasteiger partial charge in [0, 0.05) is 19.6 Å². The smallest absolute Gasteiger partial charge is 0.150 e. The number of anilines is 2. The normalized spacial score (nSPS) is 11.2. The number of rotatable bonds is 6. The van der Waals surface area contributed by atoms with Crippen molar-refractivity contribution >= 4 is 11.5 Å². The van der Waals surface area contributed by atoms with Gasteiger partial charge in [0.25, 0.3) is 0 Å². The SMILES string of the molecule is CCCn1nc(C)c(N)c1N(C)C(CC)CC. The van der Waals surface area contributed by atoms with Gasteiger partial charge in [0.1, 0.15) is 0 Å². The maximum absolute atomic E-state index is 6.16. The molecule has 0 aliphatic rings. The fraction of sp³-hybridized carbons (Fsp3) is 0.769. The van der Waals surface area contributed by atoms with Crippen molar-refractivity contribution in [3.63, 3.8) is 0 Å². The first-order valence-corrected chi connectivity index (χ1v) is 6.62. The molecule has 0 saturated carbocycles. The van der Waals surface area contributed by atoms with Crippen molar-refractivity contribution in [3.05, 3.63) is 5.69 Å². The molecular formula is C13H26N4. The lowest BCUT2D eigenvalue weighted by Crippen LogP contribution is -2.32. The van der Waals surface area contributed by atoms with Crippen molar-refractivity contribution in [2.45, 2.75) is 59.5 Å². The summed E-state index contributed by atoms with van der Waals surface area (Å²) in [5, 5.41) is 4.52. The Morgan fingerprint density at radius 2 is 1.88 bits per heavy atom. The molecule has 1 rings (SSSR count). The number of nitrogens with two attached hydrogens (primary N) is 1. The number of nitrogens with zero attached hydrogens (tertiary/aromatic N) is 3. The molecule has 4 nitrogen and oxygen atoms in total. The average Bonchev–Trinajstić information content (AvgIpc) is 2.57. The highest BCUT2D eigenvalue weighted by atomic mass is 15.4. The van der Waals surface area contributed by atoms with E-state index in [0.717, 1.165) is 43.0 Å². The highest BCUT2D eigenvalue weighted by Crippen LogP contribution is 2.28. The molecule has 2 N–H and O–H groups in total. The van der Waals surface area contributed by atoms with Crippen LogP contribution in [-0.4, -0.2) is 22.9 Å². The van der Waals surface area contributed by atoms with E-state index in [-0.39, 0.29) is 0 Å². The topological polar surface area (TPSA) is 47.1 Å². The van der Waals surface area contributed by atoms with Crippen molar-refractivity contribution in [2.75, 3.05) is 17.7 Å². The van der Waals surface area contributed by atoms with Gasteiger partial charge in [-0.25, -0.2) is 4.68 Å². The molecule has 17 heavy (non-hydrogen) atoms.